The Labute approximate surface area is 128 Å². The van der Waals surface area contributed by atoms with E-state index in [1.54, 1.807) is 11.3 Å². The lowest BCUT2D eigenvalue weighted by atomic mass is 10.4. The smallest absolute Gasteiger partial charge is 0.230 e. The van der Waals surface area contributed by atoms with Crippen molar-refractivity contribution in [2.45, 2.75) is 32.6 Å². The Balaban J connectivity index is 1.84. The normalized spacial score (nSPS) is 14.6. The summed E-state index contributed by atoms with van der Waals surface area (Å²) in [6.45, 7) is 5.08. The molecule has 112 valence electrons. The fraction of sp³-hybridized carbons (Fsp3) is 0.571. The fourth-order valence-corrected chi connectivity index (χ4v) is 2.95. The van der Waals surface area contributed by atoms with Crippen molar-refractivity contribution >= 4 is 23.2 Å². The zero-order valence-corrected chi connectivity index (χ0v) is 13.1. The van der Waals surface area contributed by atoms with Crippen LogP contribution in [-0.2, 0) is 6.42 Å². The molecule has 1 aliphatic rings. The van der Waals surface area contributed by atoms with E-state index in [4.69, 9.17) is 0 Å². The van der Waals surface area contributed by atoms with E-state index in [1.165, 1.54) is 12.8 Å². The molecule has 0 unspecified atom stereocenters. The van der Waals surface area contributed by atoms with Gasteiger partial charge in [-0.25, -0.2) is 4.98 Å². The van der Waals surface area contributed by atoms with Crippen LogP contribution in [0.5, 0.6) is 0 Å². The summed E-state index contributed by atoms with van der Waals surface area (Å²) >= 11 is 1.63. The Hall–Kier alpha value is -1.76. The van der Waals surface area contributed by atoms with Crippen LogP contribution >= 0.6 is 11.3 Å². The first-order valence-electron chi connectivity index (χ1n) is 7.47. The van der Waals surface area contributed by atoms with Gasteiger partial charge < -0.3 is 10.2 Å². The number of nitrogens with one attached hydrogen (secondary N) is 1. The van der Waals surface area contributed by atoms with Gasteiger partial charge in [0.15, 0.2) is 0 Å². The molecule has 0 amide bonds. The Morgan fingerprint density at radius 3 is 2.81 bits per heavy atom. The van der Waals surface area contributed by atoms with E-state index in [9.17, 15) is 0 Å². The molecule has 3 rings (SSSR count). The van der Waals surface area contributed by atoms with E-state index in [0.29, 0.717) is 12.4 Å². The zero-order valence-electron chi connectivity index (χ0n) is 12.2. The number of thiazole rings is 1. The number of nitrogens with zero attached hydrogens (tertiary/aromatic N) is 5. The molecule has 2 aromatic heterocycles. The van der Waals surface area contributed by atoms with E-state index in [0.717, 1.165) is 42.8 Å². The van der Waals surface area contributed by atoms with Crippen LogP contribution in [0.25, 0.3) is 0 Å². The van der Waals surface area contributed by atoms with Gasteiger partial charge in [-0.05, 0) is 19.3 Å². The van der Waals surface area contributed by atoms with Crippen LogP contribution in [-0.4, -0.2) is 39.6 Å². The molecule has 21 heavy (non-hydrogen) atoms. The first-order chi connectivity index (χ1) is 10.3. The first-order valence-corrected chi connectivity index (χ1v) is 8.35. The van der Waals surface area contributed by atoms with Crippen LogP contribution in [0.2, 0.25) is 0 Å². The van der Waals surface area contributed by atoms with Gasteiger partial charge in [-0.1, -0.05) is 6.92 Å². The second kappa shape index (κ2) is 6.80. The second-order valence-corrected chi connectivity index (χ2v) is 6.08. The number of aromatic nitrogens is 4. The lowest BCUT2D eigenvalue weighted by molar-refractivity contribution is 0.833. The summed E-state index contributed by atoms with van der Waals surface area (Å²) in [6, 6.07) is 0. The third-order valence-electron chi connectivity index (χ3n) is 3.38. The summed E-state index contributed by atoms with van der Waals surface area (Å²) in [5, 5.41) is 6.29. The molecular formula is C14H20N6S. The van der Waals surface area contributed by atoms with Gasteiger partial charge in [-0.2, -0.15) is 15.0 Å². The Kier molecular flexibility index (Phi) is 4.59. The molecule has 1 aliphatic heterocycles. The minimum absolute atomic E-state index is 0.668. The lowest BCUT2D eigenvalue weighted by Gasteiger charge is -2.16. The van der Waals surface area contributed by atoms with E-state index in [2.05, 4.69) is 37.1 Å². The molecule has 1 saturated heterocycles. The van der Waals surface area contributed by atoms with Gasteiger partial charge in [0, 0.05) is 31.2 Å². The fourth-order valence-electron chi connectivity index (χ4n) is 2.34. The van der Waals surface area contributed by atoms with Crippen LogP contribution in [0.3, 0.4) is 0 Å². The Bertz CT molecular complexity index is 565. The predicted molar refractivity (Wildman–Crippen MR) is 85.0 cm³/mol. The topological polar surface area (TPSA) is 66.8 Å². The summed E-state index contributed by atoms with van der Waals surface area (Å²) in [5.74, 6) is 2.27. The number of rotatable bonds is 6. The minimum Gasteiger partial charge on any atom is -0.354 e. The molecule has 0 radical (unpaired) electrons. The van der Waals surface area contributed by atoms with Crippen LogP contribution in [0, 0.1) is 0 Å². The van der Waals surface area contributed by atoms with Gasteiger partial charge in [0.1, 0.15) is 10.8 Å². The highest BCUT2D eigenvalue weighted by Crippen LogP contribution is 2.18. The highest BCUT2D eigenvalue weighted by molar-refractivity contribution is 7.09. The monoisotopic (exact) mass is 304 g/mol. The van der Waals surface area contributed by atoms with Gasteiger partial charge in [0.2, 0.25) is 11.9 Å². The number of hydrogen-bond donors (Lipinski definition) is 1. The van der Waals surface area contributed by atoms with Gasteiger partial charge >= 0.3 is 0 Å². The molecule has 0 bridgehead atoms. The van der Waals surface area contributed by atoms with Crippen molar-refractivity contribution in [3.63, 3.8) is 0 Å². The molecule has 3 heterocycles. The molecule has 1 fully saturated rings. The van der Waals surface area contributed by atoms with E-state index >= 15 is 0 Å². The molecule has 0 aromatic carbocycles. The minimum atomic E-state index is 0.668. The molecule has 0 atom stereocenters. The average molecular weight is 304 g/mol. The summed E-state index contributed by atoms with van der Waals surface area (Å²) in [7, 11) is 0. The van der Waals surface area contributed by atoms with Crippen LogP contribution in [0.4, 0.5) is 11.9 Å². The van der Waals surface area contributed by atoms with E-state index < -0.39 is 0 Å². The lowest BCUT2D eigenvalue weighted by Crippen LogP contribution is -2.22. The third-order valence-corrected chi connectivity index (χ3v) is 4.16. The maximum Gasteiger partial charge on any atom is 0.230 e. The SMILES string of the molecule is CCCNc1nc(Cc2nccs2)nc(N2CCCC2)n1. The van der Waals surface area contributed by atoms with Gasteiger partial charge in [0.05, 0.1) is 6.42 Å². The van der Waals surface area contributed by atoms with Gasteiger partial charge in [-0.3, -0.25) is 0 Å². The summed E-state index contributed by atoms with van der Waals surface area (Å²) < 4.78 is 0. The van der Waals surface area contributed by atoms with Crippen LogP contribution < -0.4 is 10.2 Å². The van der Waals surface area contributed by atoms with Crippen molar-refractivity contribution in [2.75, 3.05) is 29.9 Å². The van der Waals surface area contributed by atoms with Crippen LogP contribution in [0.1, 0.15) is 37.0 Å². The largest absolute Gasteiger partial charge is 0.354 e. The highest BCUT2D eigenvalue weighted by atomic mass is 32.1. The van der Waals surface area contributed by atoms with Crippen molar-refractivity contribution in [3.05, 3.63) is 22.4 Å². The predicted octanol–water partition coefficient (Wildman–Crippen LogP) is 2.34. The van der Waals surface area contributed by atoms with E-state index in [-0.39, 0.29) is 0 Å². The summed E-state index contributed by atoms with van der Waals surface area (Å²) in [5.41, 5.74) is 0. The molecule has 0 spiro atoms. The molecule has 6 nitrogen and oxygen atoms in total. The highest BCUT2D eigenvalue weighted by Gasteiger charge is 2.17. The quantitative estimate of drug-likeness (QED) is 0.883. The van der Waals surface area contributed by atoms with Gasteiger partial charge in [-0.15, -0.1) is 11.3 Å². The van der Waals surface area contributed by atoms with Crippen molar-refractivity contribution in [1.29, 1.82) is 0 Å². The maximum atomic E-state index is 4.63. The first kappa shape index (κ1) is 14.2. The number of anilines is 2. The molecule has 0 aliphatic carbocycles. The van der Waals surface area contributed by atoms with Crippen molar-refractivity contribution < 1.29 is 0 Å². The molecular weight excluding hydrogens is 284 g/mol. The summed E-state index contributed by atoms with van der Waals surface area (Å²) in [4.78, 5) is 20.3. The Morgan fingerprint density at radius 2 is 2.10 bits per heavy atom. The van der Waals surface area contributed by atoms with Crippen LogP contribution in [0.15, 0.2) is 11.6 Å². The Morgan fingerprint density at radius 1 is 1.24 bits per heavy atom. The van der Waals surface area contributed by atoms with Crippen molar-refractivity contribution in [2.24, 2.45) is 0 Å². The molecule has 1 N–H and O–H groups in total. The zero-order chi connectivity index (χ0) is 14.5. The standard InChI is InChI=1S/C14H20N6S/c1-2-5-16-13-17-11(10-12-15-6-9-21-12)18-14(19-13)20-7-3-4-8-20/h6,9H,2-5,7-8,10H2,1H3,(H,16,17,18,19). The number of hydrogen-bond acceptors (Lipinski definition) is 7. The van der Waals surface area contributed by atoms with Crippen molar-refractivity contribution in [3.8, 4) is 0 Å². The van der Waals surface area contributed by atoms with E-state index in [1.807, 2.05) is 11.6 Å². The molecule has 7 heteroatoms. The third kappa shape index (κ3) is 3.66. The van der Waals surface area contributed by atoms with Crippen molar-refractivity contribution in [1.82, 2.24) is 19.9 Å². The average Bonchev–Trinajstić information content (AvgIpc) is 3.18. The van der Waals surface area contributed by atoms with Gasteiger partial charge in [0.25, 0.3) is 0 Å². The maximum absolute atomic E-state index is 4.63. The molecule has 0 saturated carbocycles. The molecule has 2 aromatic rings. The summed E-state index contributed by atoms with van der Waals surface area (Å²) in [6.07, 6.45) is 5.96. The second-order valence-electron chi connectivity index (χ2n) is 5.10.